The van der Waals surface area contributed by atoms with Crippen molar-refractivity contribution in [2.45, 2.75) is 95.2 Å². The third-order valence-electron chi connectivity index (χ3n) is 12.4. The van der Waals surface area contributed by atoms with E-state index in [1.54, 1.807) is 12.1 Å². The van der Waals surface area contributed by atoms with E-state index in [-0.39, 0.29) is 0 Å². The number of hydrogen-bond acceptors (Lipinski definition) is 7. The van der Waals surface area contributed by atoms with Gasteiger partial charge in [-0.25, -0.2) is 0 Å². The number of rotatable bonds is 14. The number of benzene rings is 6. The van der Waals surface area contributed by atoms with Crippen molar-refractivity contribution in [3.05, 3.63) is 186 Å². The summed E-state index contributed by atoms with van der Waals surface area (Å²) in [5, 5.41) is 41.8. The van der Waals surface area contributed by atoms with Crippen molar-refractivity contribution >= 4 is 49.0 Å². The van der Waals surface area contributed by atoms with Crippen LogP contribution in [-0.2, 0) is 25.8 Å². The van der Waals surface area contributed by atoms with E-state index in [0.29, 0.717) is 23.6 Å². The predicted molar refractivity (Wildman–Crippen MR) is 259 cm³/mol. The minimum absolute atomic E-state index is 0.331. The van der Waals surface area contributed by atoms with Crippen LogP contribution in [0.1, 0.15) is 65.2 Å². The Hall–Kier alpha value is -4.40. The van der Waals surface area contributed by atoms with E-state index in [4.69, 9.17) is 29.9 Å². The molecule has 63 heavy (non-hydrogen) atoms. The van der Waals surface area contributed by atoms with Gasteiger partial charge in [0.25, 0.3) is 16.6 Å². The smallest absolute Gasteiger partial charge is 0.261 e. The Balaban J connectivity index is 1.44. The molecule has 1 aliphatic heterocycles. The highest BCUT2D eigenvalue weighted by molar-refractivity contribution is 7.00. The van der Waals surface area contributed by atoms with Crippen LogP contribution in [0.4, 0.5) is 0 Å². The van der Waals surface area contributed by atoms with Crippen molar-refractivity contribution in [1.29, 1.82) is 0 Å². The minimum Gasteiger partial charge on any atom is -0.494 e. The Morgan fingerprint density at radius 2 is 1.08 bits per heavy atom. The summed E-state index contributed by atoms with van der Waals surface area (Å²) < 4.78 is 28.0. The molecule has 7 rings (SSSR count). The van der Waals surface area contributed by atoms with Crippen LogP contribution < -0.4 is 25.5 Å². The van der Waals surface area contributed by atoms with Crippen LogP contribution in [0, 0.1) is 0 Å². The highest BCUT2D eigenvalue weighted by Crippen LogP contribution is 2.47. The maximum absolute atomic E-state index is 13.6. The van der Waals surface area contributed by atoms with Crippen molar-refractivity contribution in [2.75, 3.05) is 13.2 Å². The van der Waals surface area contributed by atoms with Gasteiger partial charge >= 0.3 is 0 Å². The van der Waals surface area contributed by atoms with Crippen molar-refractivity contribution in [3.8, 4) is 5.75 Å². The van der Waals surface area contributed by atoms with Gasteiger partial charge in [-0.05, 0) is 79.6 Å². The van der Waals surface area contributed by atoms with E-state index >= 15 is 0 Å². The van der Waals surface area contributed by atoms with Crippen molar-refractivity contribution < 1.29 is 33.6 Å². The van der Waals surface area contributed by atoms with Crippen molar-refractivity contribution in [2.24, 2.45) is 0 Å². The second kappa shape index (κ2) is 19.0. The first-order valence-electron chi connectivity index (χ1n) is 21.9. The van der Waals surface area contributed by atoms with E-state index in [2.05, 4.69) is 90.1 Å². The minimum atomic E-state index is -3.53. The van der Waals surface area contributed by atoms with Crippen LogP contribution in [0.5, 0.6) is 5.75 Å². The van der Waals surface area contributed by atoms with Crippen LogP contribution >= 0.6 is 11.6 Å². The van der Waals surface area contributed by atoms with Gasteiger partial charge < -0.3 is 33.6 Å². The summed E-state index contributed by atoms with van der Waals surface area (Å²) in [6.45, 7) is 14.9. The van der Waals surface area contributed by atoms with E-state index in [0.717, 1.165) is 37.6 Å². The Kier molecular flexibility index (Phi) is 14.0. The number of halogens is 1. The zero-order chi connectivity index (χ0) is 45.0. The van der Waals surface area contributed by atoms with E-state index < -0.39 is 63.5 Å². The molecule has 330 valence electrons. The van der Waals surface area contributed by atoms with E-state index in [1.807, 2.05) is 110 Å². The molecule has 0 aliphatic carbocycles. The van der Waals surface area contributed by atoms with Gasteiger partial charge in [-0.2, -0.15) is 0 Å². The Bertz CT molecular complexity index is 2310. The summed E-state index contributed by atoms with van der Waals surface area (Å²) in [6, 6.07) is 53.7. The quantitative estimate of drug-likeness (QED) is 0.0952. The molecule has 0 spiro atoms. The average molecular weight is 902 g/mol. The van der Waals surface area contributed by atoms with Gasteiger partial charge in [0.2, 0.25) is 5.79 Å². The monoisotopic (exact) mass is 900 g/mol. The van der Waals surface area contributed by atoms with Crippen LogP contribution in [0.25, 0.3) is 0 Å². The second-order valence-electron chi connectivity index (χ2n) is 18.5. The molecular formula is C53H61ClO7Si2. The van der Waals surface area contributed by atoms with E-state index in [9.17, 15) is 15.3 Å². The first kappa shape index (κ1) is 46.6. The SMILES string of the molecule is CCOc1ccc(Cc2cc([C@@]3(O)O[C@H](CO)[C@@H](O[Si](c4ccccc4)(c4ccccc4)C(C)(C)C)[C@H](O)[C@H]3O[Si](c3ccccc3)(c3ccccc3)C(C)(C)C)ccc2Cl)cc1. The predicted octanol–water partition coefficient (Wildman–Crippen LogP) is 8.12. The third-order valence-corrected chi connectivity index (χ3v) is 22.9. The molecule has 0 unspecified atom stereocenters. The zero-order valence-corrected chi connectivity index (χ0v) is 40.1. The zero-order valence-electron chi connectivity index (χ0n) is 37.4. The van der Waals surface area contributed by atoms with Gasteiger partial charge in [0.1, 0.15) is 30.2 Å². The fourth-order valence-electron chi connectivity index (χ4n) is 9.46. The summed E-state index contributed by atoms with van der Waals surface area (Å²) in [6.07, 6.45) is -4.85. The maximum atomic E-state index is 13.6. The molecule has 1 saturated heterocycles. The van der Waals surface area contributed by atoms with Gasteiger partial charge in [-0.1, -0.05) is 193 Å². The molecule has 6 aromatic rings. The fraction of sp³-hybridized carbons (Fsp3) is 0.321. The molecule has 1 fully saturated rings. The van der Waals surface area contributed by atoms with Gasteiger partial charge in [0.05, 0.1) is 13.2 Å². The van der Waals surface area contributed by atoms with Crippen molar-refractivity contribution in [1.82, 2.24) is 0 Å². The lowest BCUT2D eigenvalue weighted by atomic mass is 9.87. The largest absolute Gasteiger partial charge is 0.494 e. The fourth-order valence-corrected chi connectivity index (χ4v) is 19.1. The molecule has 0 radical (unpaired) electrons. The molecule has 1 aliphatic rings. The lowest BCUT2D eigenvalue weighted by Crippen LogP contribution is -2.76. The lowest BCUT2D eigenvalue weighted by molar-refractivity contribution is -0.351. The van der Waals surface area contributed by atoms with Gasteiger partial charge in [0, 0.05) is 10.6 Å². The van der Waals surface area contributed by atoms with Crippen LogP contribution in [0.3, 0.4) is 0 Å². The molecular weight excluding hydrogens is 840 g/mol. The van der Waals surface area contributed by atoms with Crippen LogP contribution in [0.2, 0.25) is 15.1 Å². The average Bonchev–Trinajstić information content (AvgIpc) is 3.28. The first-order chi connectivity index (χ1) is 30.1. The highest BCUT2D eigenvalue weighted by Gasteiger charge is 2.63. The summed E-state index contributed by atoms with van der Waals surface area (Å²) >= 11 is 6.94. The molecule has 7 nitrogen and oxygen atoms in total. The summed E-state index contributed by atoms with van der Waals surface area (Å²) in [5.41, 5.74) is 2.05. The molecule has 0 aromatic heterocycles. The third kappa shape index (κ3) is 9.01. The second-order valence-corrected chi connectivity index (χ2v) is 27.4. The molecule has 0 amide bonds. The van der Waals surface area contributed by atoms with E-state index in [1.165, 1.54) is 0 Å². The molecule has 1 heterocycles. The first-order valence-corrected chi connectivity index (χ1v) is 26.1. The topological polar surface area (TPSA) is 97.6 Å². The number of aliphatic hydroxyl groups is 3. The molecule has 3 N–H and O–H groups in total. The van der Waals surface area contributed by atoms with Gasteiger partial charge in [-0.15, -0.1) is 0 Å². The normalized spacial score (nSPS) is 20.9. The van der Waals surface area contributed by atoms with Gasteiger partial charge in [-0.3, -0.25) is 0 Å². The number of aliphatic hydroxyl groups excluding tert-OH is 2. The molecule has 10 heteroatoms. The Morgan fingerprint density at radius 1 is 0.635 bits per heavy atom. The standard InChI is InChI=1S/C53H61ClO7Si2/c1-8-58-41-32-29-38(30-33-41)35-39-36-40(31-34-46(39)54)53(57)50(61-63(52(5,6)7,44-25-17-11-18-26-44)45-27-19-12-20-28-45)48(56)49(47(37-55)59-53)60-62(51(2,3)4,42-21-13-9-14-22-42)43-23-15-10-16-24-43/h9-34,36,47-50,55-57H,8,35,37H2,1-7H3/t47-,48+,49-,50-,53-/m1/s1. The molecule has 5 atom stereocenters. The van der Waals surface area contributed by atoms with Gasteiger partial charge in [0.15, 0.2) is 0 Å². The Labute approximate surface area is 380 Å². The maximum Gasteiger partial charge on any atom is 0.261 e. The number of ether oxygens (including phenoxy) is 2. The van der Waals surface area contributed by atoms with Crippen molar-refractivity contribution in [3.63, 3.8) is 0 Å². The summed E-state index contributed by atoms with van der Waals surface area (Å²) in [4.78, 5) is 0. The molecule has 0 bridgehead atoms. The molecule has 0 saturated carbocycles. The Morgan fingerprint density at radius 3 is 1.49 bits per heavy atom. The lowest BCUT2D eigenvalue weighted by Gasteiger charge is -2.55. The van der Waals surface area contributed by atoms with Crippen LogP contribution in [0.15, 0.2) is 164 Å². The molecule has 6 aromatic carbocycles. The summed E-state index contributed by atoms with van der Waals surface area (Å²) in [5.74, 6) is -1.53. The summed E-state index contributed by atoms with van der Waals surface area (Å²) in [7, 11) is -6.92. The highest BCUT2D eigenvalue weighted by atomic mass is 35.5. The van der Waals surface area contributed by atoms with Crippen LogP contribution in [-0.4, -0.2) is 69.6 Å². The number of hydrogen-bond donors (Lipinski definition) is 3.